The number of aliphatic carboxylic acids is 1. The van der Waals surface area contributed by atoms with E-state index in [1.807, 2.05) is 72.9 Å². The highest BCUT2D eigenvalue weighted by Gasteiger charge is 2.25. The second-order valence-electron chi connectivity index (χ2n) is 15.4. The smallest absolute Gasteiger partial charge is 0.306 e. The first-order valence-corrected chi connectivity index (χ1v) is 21.9. The van der Waals surface area contributed by atoms with Gasteiger partial charge >= 0.3 is 11.9 Å². The van der Waals surface area contributed by atoms with Crippen LogP contribution in [0.1, 0.15) is 142 Å². The van der Waals surface area contributed by atoms with Gasteiger partial charge in [-0.05, 0) is 57.8 Å². The lowest BCUT2D eigenvalue weighted by Gasteiger charge is -2.34. The third kappa shape index (κ3) is 37.6. The highest BCUT2D eigenvalue weighted by molar-refractivity contribution is 5.70. The minimum absolute atomic E-state index is 0.0107. The summed E-state index contributed by atoms with van der Waals surface area (Å²) in [6, 6.07) is -0.742. The third-order valence-corrected chi connectivity index (χ3v) is 9.15. The molecule has 0 aromatic rings. The Morgan fingerprint density at radius 2 is 1.00 bits per heavy atom. The van der Waals surface area contributed by atoms with E-state index in [0.717, 1.165) is 57.8 Å². The Balaban J connectivity index is 4.52. The molecule has 8 nitrogen and oxygen atoms in total. The van der Waals surface area contributed by atoms with E-state index in [4.69, 9.17) is 14.2 Å². The Labute approximate surface area is 347 Å². The van der Waals surface area contributed by atoms with E-state index in [1.165, 1.54) is 44.9 Å². The molecule has 2 atom stereocenters. The number of rotatable bonds is 37. The number of hydrogen-bond acceptors (Lipinski definition) is 7. The number of unbranched alkanes of at least 4 members (excludes halogenated alkanes) is 13. The number of carbonyl (C=O) groups excluding carboxylic acids is 3. The number of quaternary nitrogens is 1. The molecule has 57 heavy (non-hydrogen) atoms. The summed E-state index contributed by atoms with van der Waals surface area (Å²) in [7, 11) is 5.37. The van der Waals surface area contributed by atoms with Crippen molar-refractivity contribution < 1.29 is 38.2 Å². The van der Waals surface area contributed by atoms with Crippen molar-refractivity contribution in [2.45, 2.75) is 154 Å². The zero-order chi connectivity index (χ0) is 42.1. The summed E-state index contributed by atoms with van der Waals surface area (Å²) in [6.45, 7) is 4.42. The molecule has 8 heteroatoms. The summed E-state index contributed by atoms with van der Waals surface area (Å²) in [5.41, 5.74) is 0. The minimum Gasteiger partial charge on any atom is -0.544 e. The molecule has 0 saturated heterocycles. The van der Waals surface area contributed by atoms with E-state index < -0.39 is 18.1 Å². The third-order valence-electron chi connectivity index (χ3n) is 9.15. The molecule has 0 amide bonds. The molecule has 0 bridgehead atoms. The summed E-state index contributed by atoms with van der Waals surface area (Å²) >= 11 is 0. The van der Waals surface area contributed by atoms with Gasteiger partial charge in [0.05, 0.1) is 40.3 Å². The number of carbonyl (C=O) groups is 3. The van der Waals surface area contributed by atoms with Gasteiger partial charge in [-0.3, -0.25) is 9.59 Å². The Morgan fingerprint density at radius 1 is 0.544 bits per heavy atom. The maximum absolute atomic E-state index is 12.7. The largest absolute Gasteiger partial charge is 0.544 e. The van der Waals surface area contributed by atoms with Crippen LogP contribution in [0.2, 0.25) is 0 Å². The lowest BCUT2D eigenvalue weighted by Crippen LogP contribution is -2.55. The Kier molecular flexibility index (Phi) is 36.5. The quantitative estimate of drug-likeness (QED) is 0.0203. The van der Waals surface area contributed by atoms with Crippen LogP contribution in [0.4, 0.5) is 0 Å². The fourth-order valence-electron chi connectivity index (χ4n) is 5.75. The second kappa shape index (κ2) is 39.1. The van der Waals surface area contributed by atoms with E-state index in [-0.39, 0.29) is 49.1 Å². The van der Waals surface area contributed by atoms with Gasteiger partial charge in [0, 0.05) is 19.3 Å². The van der Waals surface area contributed by atoms with Crippen LogP contribution >= 0.6 is 0 Å². The van der Waals surface area contributed by atoms with Crippen LogP contribution in [0, 0.1) is 0 Å². The van der Waals surface area contributed by atoms with Crippen LogP contribution in [0.25, 0.3) is 0 Å². The van der Waals surface area contributed by atoms with Crippen LogP contribution in [0.15, 0.2) is 97.2 Å². The molecule has 0 aliphatic rings. The Morgan fingerprint density at radius 3 is 1.51 bits per heavy atom. The average Bonchev–Trinajstić information content (AvgIpc) is 3.17. The van der Waals surface area contributed by atoms with E-state index in [1.54, 1.807) is 21.1 Å². The molecular weight excluding hydrogens is 715 g/mol. The predicted octanol–water partition coefficient (Wildman–Crippen LogP) is 10.6. The molecule has 0 saturated carbocycles. The highest BCUT2D eigenvalue weighted by Crippen LogP contribution is 2.12. The predicted molar refractivity (Wildman–Crippen MR) is 235 cm³/mol. The molecule has 0 heterocycles. The number of allylic oxidation sites excluding steroid dienone is 16. The van der Waals surface area contributed by atoms with Crippen molar-refractivity contribution in [3.63, 3.8) is 0 Å². The summed E-state index contributed by atoms with van der Waals surface area (Å²) in [5, 5.41) is 11.6. The fourth-order valence-corrected chi connectivity index (χ4v) is 5.75. The number of carboxylic acid groups (broad SMARTS) is 1. The first-order chi connectivity index (χ1) is 27.6. The van der Waals surface area contributed by atoms with Crippen LogP contribution in [0.5, 0.6) is 0 Å². The Bertz CT molecular complexity index is 1250. The average molecular weight is 794 g/mol. The van der Waals surface area contributed by atoms with Gasteiger partial charge in [-0.25, -0.2) is 0 Å². The molecule has 322 valence electrons. The van der Waals surface area contributed by atoms with Crippen molar-refractivity contribution in [3.05, 3.63) is 97.2 Å². The van der Waals surface area contributed by atoms with Gasteiger partial charge in [0.25, 0.3) is 0 Å². The van der Waals surface area contributed by atoms with Crippen molar-refractivity contribution in [2.24, 2.45) is 0 Å². The first-order valence-electron chi connectivity index (χ1n) is 21.9. The number of hydrogen-bond donors (Lipinski definition) is 0. The maximum Gasteiger partial charge on any atom is 0.306 e. The molecule has 0 spiro atoms. The molecule has 0 radical (unpaired) electrons. The van der Waals surface area contributed by atoms with Crippen molar-refractivity contribution >= 4 is 17.9 Å². The lowest BCUT2D eigenvalue weighted by atomic mass is 10.1. The van der Waals surface area contributed by atoms with Crippen molar-refractivity contribution in [2.75, 3.05) is 41.0 Å². The summed E-state index contributed by atoms with van der Waals surface area (Å²) < 4.78 is 17.1. The van der Waals surface area contributed by atoms with Gasteiger partial charge < -0.3 is 28.6 Å². The Hall–Kier alpha value is -3.75. The lowest BCUT2D eigenvalue weighted by molar-refractivity contribution is -0.889. The van der Waals surface area contributed by atoms with E-state index in [2.05, 4.69) is 38.2 Å². The van der Waals surface area contributed by atoms with Gasteiger partial charge in [0.2, 0.25) is 0 Å². The molecular formula is C49H79NO7. The zero-order valence-electron chi connectivity index (χ0n) is 36.5. The van der Waals surface area contributed by atoms with Crippen LogP contribution < -0.4 is 5.11 Å². The van der Waals surface area contributed by atoms with Gasteiger partial charge in [-0.1, -0.05) is 162 Å². The SMILES string of the molecule is CC/C=C/C=C/C=C/C=C/C=C/C=C/C=C/CCCCCC(=O)OC(COCCC(C(=O)[O-])[N+](C)(C)C)COC(=O)CCCCC/C=C/CCCCCCCCC. The molecule has 0 aliphatic heterocycles. The molecule has 0 rings (SSSR count). The molecule has 2 unspecified atom stereocenters. The topological polar surface area (TPSA) is 102 Å². The molecule has 0 aromatic heterocycles. The summed E-state index contributed by atoms with van der Waals surface area (Å²) in [5.74, 6) is -1.83. The van der Waals surface area contributed by atoms with Crippen molar-refractivity contribution in [1.82, 2.24) is 0 Å². The fraction of sp³-hybridized carbons (Fsp3) is 0.612. The molecule has 0 fully saturated rings. The number of esters is 2. The van der Waals surface area contributed by atoms with Crippen molar-refractivity contribution in [1.29, 1.82) is 0 Å². The summed E-state index contributed by atoms with van der Waals surface area (Å²) in [4.78, 5) is 36.8. The van der Waals surface area contributed by atoms with E-state index in [9.17, 15) is 19.5 Å². The van der Waals surface area contributed by atoms with E-state index in [0.29, 0.717) is 12.8 Å². The van der Waals surface area contributed by atoms with Crippen LogP contribution in [-0.2, 0) is 28.6 Å². The number of likely N-dealkylation sites (N-methyl/N-ethyl adjacent to an activating group) is 1. The molecule has 0 N–H and O–H groups in total. The minimum atomic E-state index is -1.14. The molecule has 0 aromatic carbocycles. The van der Waals surface area contributed by atoms with Crippen LogP contribution in [0.3, 0.4) is 0 Å². The molecule has 0 aliphatic carbocycles. The second-order valence-corrected chi connectivity index (χ2v) is 15.4. The van der Waals surface area contributed by atoms with Gasteiger partial charge in [-0.15, -0.1) is 0 Å². The highest BCUT2D eigenvalue weighted by atomic mass is 16.6. The first kappa shape index (κ1) is 53.2. The van der Waals surface area contributed by atoms with Gasteiger partial charge in [-0.2, -0.15) is 0 Å². The zero-order valence-corrected chi connectivity index (χ0v) is 36.5. The summed E-state index contributed by atoms with van der Waals surface area (Å²) in [6.07, 6.45) is 51.4. The van der Waals surface area contributed by atoms with Gasteiger partial charge in [0.1, 0.15) is 12.6 Å². The number of carboxylic acids is 1. The van der Waals surface area contributed by atoms with Crippen molar-refractivity contribution in [3.8, 4) is 0 Å². The monoisotopic (exact) mass is 794 g/mol. The van der Waals surface area contributed by atoms with Gasteiger partial charge in [0.15, 0.2) is 6.10 Å². The van der Waals surface area contributed by atoms with E-state index >= 15 is 0 Å². The number of nitrogens with zero attached hydrogens (tertiary/aromatic N) is 1. The standard InChI is InChI=1S/C49H79NO7/c1-6-8-10-12-14-16-18-20-22-23-24-25-26-28-30-32-34-36-38-40-48(52)57-45(43-55-42-41-46(49(53)54)50(3,4)5)44-56-47(51)39-37-35-33-31-29-27-21-19-17-15-13-11-9-7-2/h8,10,12,14,16,18,20,22-30,45-46H,6-7,9,11,13,15,17,19,21,31-44H2,1-5H3/b10-8+,14-12+,18-16+,22-20+,24-23+,26-25+,29-27+,30-28+. The maximum atomic E-state index is 12.7. The number of ether oxygens (including phenoxy) is 3. The van der Waals surface area contributed by atoms with Crippen LogP contribution in [-0.4, -0.2) is 75.5 Å². The normalized spacial score (nSPS) is 13.9.